The summed E-state index contributed by atoms with van der Waals surface area (Å²) in [7, 11) is 3.11. The van der Waals surface area contributed by atoms with E-state index in [0.29, 0.717) is 40.4 Å². The van der Waals surface area contributed by atoms with Gasteiger partial charge < -0.3 is 19.5 Å². The van der Waals surface area contributed by atoms with Crippen molar-refractivity contribution in [1.29, 1.82) is 0 Å². The van der Waals surface area contributed by atoms with E-state index >= 15 is 0 Å². The van der Waals surface area contributed by atoms with Gasteiger partial charge in [-0.3, -0.25) is 4.79 Å². The molecule has 0 fully saturated rings. The third-order valence-electron chi connectivity index (χ3n) is 4.46. The highest BCUT2D eigenvalue weighted by Gasteiger charge is 2.16. The molecular weight excluding hydrogens is 450 g/mol. The fourth-order valence-electron chi connectivity index (χ4n) is 2.85. The lowest BCUT2D eigenvalue weighted by molar-refractivity contribution is 0.0950. The first-order valence-electron chi connectivity index (χ1n) is 9.88. The van der Waals surface area contributed by atoms with Crippen LogP contribution in [0.4, 0.5) is 0 Å². The number of hydrogen-bond acceptors (Lipinski definition) is 7. The average molecular weight is 474 g/mol. The Hall–Kier alpha value is -3.10. The average Bonchev–Trinajstić information content (AvgIpc) is 3.30. The minimum absolute atomic E-state index is 0.237. The molecule has 7 nitrogen and oxygen atoms in total. The van der Waals surface area contributed by atoms with Gasteiger partial charge in [-0.1, -0.05) is 52.8 Å². The molecule has 2 aromatic carbocycles. The Balaban J connectivity index is 1.75. The van der Waals surface area contributed by atoms with Crippen LogP contribution in [0.15, 0.2) is 36.4 Å². The van der Waals surface area contributed by atoms with Crippen molar-refractivity contribution in [3.63, 3.8) is 0 Å². The molecule has 3 aromatic rings. The van der Waals surface area contributed by atoms with E-state index in [0.717, 1.165) is 28.0 Å². The second-order valence-corrected chi connectivity index (χ2v) is 8.15. The molecule has 0 bridgehead atoms. The molecule has 0 aliphatic rings. The first kappa shape index (κ1) is 23.6. The maximum Gasteiger partial charge on any atom is 0.282 e. The fraction of sp³-hybridized carbons (Fsp3) is 0.261. The van der Waals surface area contributed by atoms with E-state index in [4.69, 9.17) is 25.8 Å². The van der Waals surface area contributed by atoms with Gasteiger partial charge in [-0.25, -0.2) is 0 Å². The fourth-order valence-corrected chi connectivity index (χ4v) is 3.80. The van der Waals surface area contributed by atoms with Gasteiger partial charge in [0.15, 0.2) is 16.5 Å². The Labute approximate surface area is 196 Å². The first-order chi connectivity index (χ1) is 15.4. The van der Waals surface area contributed by atoms with Gasteiger partial charge in [-0.15, -0.1) is 10.2 Å². The third kappa shape index (κ3) is 5.77. The van der Waals surface area contributed by atoms with Gasteiger partial charge >= 0.3 is 0 Å². The summed E-state index contributed by atoms with van der Waals surface area (Å²) in [4.78, 5) is 12.4. The summed E-state index contributed by atoms with van der Waals surface area (Å²) in [6, 6.07) is 11.5. The lowest BCUT2D eigenvalue weighted by Crippen LogP contribution is -2.22. The van der Waals surface area contributed by atoms with Gasteiger partial charge in [-0.2, -0.15) is 0 Å². The molecule has 1 N–H and O–H groups in total. The van der Waals surface area contributed by atoms with Crippen molar-refractivity contribution in [1.82, 2.24) is 15.5 Å². The molecule has 1 amide bonds. The first-order valence-corrected chi connectivity index (χ1v) is 11.1. The van der Waals surface area contributed by atoms with Gasteiger partial charge in [0.1, 0.15) is 0 Å². The van der Waals surface area contributed by atoms with Crippen LogP contribution >= 0.6 is 22.9 Å². The number of nitrogens with one attached hydrogen (secondary N) is 1. The molecule has 0 saturated heterocycles. The SMILES string of the molecule is CCOc1c(OC)cc(/C=C(/Cl)c2nnc(C(=O)NCc3ccc(C)cc3)s2)cc1OC. The molecule has 9 heteroatoms. The van der Waals surface area contributed by atoms with E-state index in [1.54, 1.807) is 32.4 Å². The van der Waals surface area contributed by atoms with Crippen molar-refractivity contribution >= 4 is 40.0 Å². The Bertz CT molecular complexity index is 1090. The highest BCUT2D eigenvalue weighted by Crippen LogP contribution is 2.39. The summed E-state index contributed by atoms with van der Waals surface area (Å²) in [5.74, 6) is 1.27. The van der Waals surface area contributed by atoms with Gasteiger partial charge in [0.2, 0.25) is 10.8 Å². The number of aromatic nitrogens is 2. The number of rotatable bonds is 9. The third-order valence-corrected chi connectivity index (χ3v) is 5.82. The Morgan fingerprint density at radius 3 is 2.31 bits per heavy atom. The van der Waals surface area contributed by atoms with Gasteiger partial charge in [0, 0.05) is 6.54 Å². The molecule has 32 heavy (non-hydrogen) atoms. The van der Waals surface area contributed by atoms with E-state index in [2.05, 4.69) is 15.5 Å². The Morgan fingerprint density at radius 2 is 1.72 bits per heavy atom. The van der Waals surface area contributed by atoms with E-state index in [1.165, 1.54) is 0 Å². The van der Waals surface area contributed by atoms with Crippen LogP contribution in [0.2, 0.25) is 0 Å². The highest BCUT2D eigenvalue weighted by atomic mass is 35.5. The number of aryl methyl sites for hydroxylation is 1. The summed E-state index contributed by atoms with van der Waals surface area (Å²) in [5.41, 5.74) is 2.90. The van der Waals surface area contributed by atoms with Crippen molar-refractivity contribution in [2.75, 3.05) is 20.8 Å². The quantitative estimate of drug-likeness (QED) is 0.474. The molecule has 0 unspecified atom stereocenters. The number of carbonyl (C=O) groups is 1. The minimum Gasteiger partial charge on any atom is -0.493 e. The van der Waals surface area contributed by atoms with Crippen LogP contribution in [0.25, 0.3) is 11.1 Å². The standard InChI is InChI=1S/C23H24ClN3O4S/c1-5-31-20-18(29-3)11-16(12-19(20)30-4)10-17(24)22-26-27-23(32-22)21(28)25-13-15-8-6-14(2)7-9-15/h6-12H,5,13H2,1-4H3,(H,25,28)/b17-10+. The maximum atomic E-state index is 12.4. The van der Waals surface area contributed by atoms with Crippen LogP contribution in [0.1, 0.15) is 38.4 Å². The van der Waals surface area contributed by atoms with E-state index in [9.17, 15) is 4.79 Å². The summed E-state index contributed by atoms with van der Waals surface area (Å²) in [5, 5.41) is 11.9. The van der Waals surface area contributed by atoms with Crippen LogP contribution in [-0.4, -0.2) is 36.9 Å². The van der Waals surface area contributed by atoms with Crippen LogP contribution < -0.4 is 19.5 Å². The molecule has 0 saturated carbocycles. The van der Waals surface area contributed by atoms with Crippen molar-refractivity contribution in [3.8, 4) is 17.2 Å². The molecule has 0 aliphatic heterocycles. The van der Waals surface area contributed by atoms with Crippen LogP contribution in [0.5, 0.6) is 17.2 Å². The molecular formula is C23H24ClN3O4S. The molecule has 0 aliphatic carbocycles. The maximum absolute atomic E-state index is 12.4. The van der Waals surface area contributed by atoms with E-state index < -0.39 is 0 Å². The summed E-state index contributed by atoms with van der Waals surface area (Å²) >= 11 is 7.58. The molecule has 3 rings (SSSR count). The summed E-state index contributed by atoms with van der Waals surface area (Å²) < 4.78 is 16.5. The molecule has 0 spiro atoms. The largest absolute Gasteiger partial charge is 0.493 e. The summed E-state index contributed by atoms with van der Waals surface area (Å²) in [6.45, 7) is 4.78. The zero-order chi connectivity index (χ0) is 23.1. The lowest BCUT2D eigenvalue weighted by atomic mass is 10.1. The molecule has 0 radical (unpaired) electrons. The van der Waals surface area contributed by atoms with E-state index in [-0.39, 0.29) is 10.9 Å². The Kier molecular flexibility index (Phi) is 8.08. The smallest absolute Gasteiger partial charge is 0.282 e. The molecule has 168 valence electrons. The monoisotopic (exact) mass is 473 g/mol. The number of ether oxygens (including phenoxy) is 3. The van der Waals surface area contributed by atoms with E-state index in [1.807, 2.05) is 38.1 Å². The molecule has 1 aromatic heterocycles. The minimum atomic E-state index is -0.303. The van der Waals surface area contributed by atoms with Crippen molar-refractivity contribution in [3.05, 3.63) is 63.1 Å². The van der Waals surface area contributed by atoms with Crippen molar-refractivity contribution in [2.45, 2.75) is 20.4 Å². The van der Waals surface area contributed by atoms with Gasteiger partial charge in [0.05, 0.1) is 25.9 Å². The lowest BCUT2D eigenvalue weighted by Gasteiger charge is -2.14. The number of halogens is 1. The van der Waals surface area contributed by atoms with Crippen molar-refractivity contribution < 1.29 is 19.0 Å². The number of benzene rings is 2. The number of amides is 1. The van der Waals surface area contributed by atoms with Crippen molar-refractivity contribution in [2.24, 2.45) is 0 Å². The predicted octanol–water partition coefficient (Wildman–Crippen LogP) is 4.93. The summed E-state index contributed by atoms with van der Waals surface area (Å²) in [6.07, 6.45) is 1.71. The predicted molar refractivity (Wildman–Crippen MR) is 127 cm³/mol. The second kappa shape index (κ2) is 11.0. The normalized spacial score (nSPS) is 11.2. The topological polar surface area (TPSA) is 82.6 Å². The van der Waals surface area contributed by atoms with Gasteiger partial charge in [-0.05, 0) is 43.2 Å². The van der Waals surface area contributed by atoms with Crippen LogP contribution in [-0.2, 0) is 6.54 Å². The number of nitrogens with zero attached hydrogens (tertiary/aromatic N) is 2. The van der Waals surface area contributed by atoms with Gasteiger partial charge in [0.25, 0.3) is 5.91 Å². The molecule has 1 heterocycles. The highest BCUT2D eigenvalue weighted by molar-refractivity contribution is 7.15. The second-order valence-electron chi connectivity index (χ2n) is 6.76. The van der Waals surface area contributed by atoms with Crippen LogP contribution in [0.3, 0.4) is 0 Å². The molecule has 0 atom stereocenters. The zero-order valence-electron chi connectivity index (χ0n) is 18.3. The van der Waals surface area contributed by atoms with Crippen LogP contribution in [0, 0.1) is 6.92 Å². The zero-order valence-corrected chi connectivity index (χ0v) is 19.8. The Morgan fingerprint density at radius 1 is 1.09 bits per heavy atom. The number of methoxy groups -OCH3 is 2. The number of hydrogen-bond donors (Lipinski definition) is 1. The number of carbonyl (C=O) groups excluding carboxylic acids is 1.